The molecule has 2 aliphatic rings. The van der Waals surface area contributed by atoms with E-state index >= 15 is 0 Å². The zero-order valence-electron chi connectivity index (χ0n) is 14.1. The smallest absolute Gasteiger partial charge is 0.162 e. The molecule has 1 aliphatic carbocycles. The first kappa shape index (κ1) is 15.8. The van der Waals surface area contributed by atoms with E-state index in [1.807, 2.05) is 21.6 Å². The van der Waals surface area contributed by atoms with Gasteiger partial charge in [-0.15, -0.1) is 5.10 Å². The summed E-state index contributed by atoms with van der Waals surface area (Å²) >= 11 is 0. The molecule has 1 saturated carbocycles. The lowest BCUT2D eigenvalue weighted by Crippen LogP contribution is -2.36. The van der Waals surface area contributed by atoms with Crippen molar-refractivity contribution in [3.05, 3.63) is 18.6 Å². The van der Waals surface area contributed by atoms with Gasteiger partial charge in [0.05, 0.1) is 24.4 Å². The second kappa shape index (κ2) is 6.64. The summed E-state index contributed by atoms with van der Waals surface area (Å²) in [5.41, 5.74) is 0.177. The molecule has 2 N–H and O–H groups in total. The van der Waals surface area contributed by atoms with Gasteiger partial charge in [-0.05, 0) is 38.8 Å². The van der Waals surface area contributed by atoms with E-state index in [-0.39, 0.29) is 0 Å². The van der Waals surface area contributed by atoms with Crippen LogP contribution in [0, 0.1) is 0 Å². The maximum absolute atomic E-state index is 10.8. The average Bonchev–Trinajstić information content (AvgIpc) is 3.25. The van der Waals surface area contributed by atoms with Crippen molar-refractivity contribution in [1.82, 2.24) is 29.9 Å². The highest BCUT2D eigenvalue weighted by molar-refractivity contribution is 5.47. The Morgan fingerprint density at radius 3 is 2.79 bits per heavy atom. The van der Waals surface area contributed by atoms with Gasteiger partial charge < -0.3 is 15.0 Å². The van der Waals surface area contributed by atoms with Crippen molar-refractivity contribution in [1.29, 1.82) is 0 Å². The van der Waals surface area contributed by atoms with Gasteiger partial charge in [0.1, 0.15) is 5.69 Å². The minimum Gasteiger partial charge on any atom is -0.388 e. The molecular weight excluding hydrogens is 304 g/mol. The maximum Gasteiger partial charge on any atom is 0.162 e. The average molecular weight is 330 g/mol. The Balaban J connectivity index is 1.53. The summed E-state index contributed by atoms with van der Waals surface area (Å²) in [5.74, 6) is 0.800. The molecule has 1 saturated heterocycles. The van der Waals surface area contributed by atoms with Gasteiger partial charge in [-0.25, -0.2) is 9.67 Å². The molecule has 0 radical (unpaired) electrons. The fraction of sp³-hybridized carbons (Fsp3) is 0.706. The molecule has 0 atom stereocenters. The summed E-state index contributed by atoms with van der Waals surface area (Å²) in [6.45, 7) is 2.64. The van der Waals surface area contributed by atoms with Crippen LogP contribution in [0.1, 0.15) is 51.0 Å². The predicted molar refractivity (Wildman–Crippen MR) is 90.4 cm³/mol. The van der Waals surface area contributed by atoms with Gasteiger partial charge in [-0.2, -0.15) is 0 Å². The number of nitrogens with zero attached hydrogens (tertiary/aromatic N) is 5. The SMILES string of the molecule is OC1(Cn2ccnc2-c2cn(C3CCNCC3)nn2)CCCCC1. The largest absolute Gasteiger partial charge is 0.388 e. The molecule has 2 aromatic rings. The van der Waals surface area contributed by atoms with Crippen LogP contribution in [-0.4, -0.2) is 48.3 Å². The van der Waals surface area contributed by atoms with Crippen LogP contribution in [0.25, 0.3) is 11.5 Å². The molecule has 24 heavy (non-hydrogen) atoms. The molecule has 7 nitrogen and oxygen atoms in total. The van der Waals surface area contributed by atoms with Crippen molar-refractivity contribution in [2.75, 3.05) is 13.1 Å². The number of piperidine rings is 1. The highest BCUT2D eigenvalue weighted by Gasteiger charge is 2.30. The highest BCUT2D eigenvalue weighted by atomic mass is 16.3. The lowest BCUT2D eigenvalue weighted by Gasteiger charge is -2.32. The third kappa shape index (κ3) is 3.23. The monoisotopic (exact) mass is 330 g/mol. The van der Waals surface area contributed by atoms with E-state index in [4.69, 9.17) is 0 Å². The Morgan fingerprint density at radius 2 is 2.00 bits per heavy atom. The van der Waals surface area contributed by atoms with Gasteiger partial charge in [0.2, 0.25) is 0 Å². The van der Waals surface area contributed by atoms with Crippen LogP contribution in [-0.2, 0) is 6.54 Å². The maximum atomic E-state index is 10.8. The van der Waals surface area contributed by atoms with Crippen LogP contribution >= 0.6 is 0 Å². The van der Waals surface area contributed by atoms with Crippen molar-refractivity contribution < 1.29 is 5.11 Å². The molecule has 2 fully saturated rings. The summed E-state index contributed by atoms with van der Waals surface area (Å²) in [7, 11) is 0. The van der Waals surface area contributed by atoms with E-state index in [2.05, 4.69) is 20.6 Å². The molecule has 7 heteroatoms. The summed E-state index contributed by atoms with van der Waals surface area (Å²) in [6.07, 6.45) is 13.0. The predicted octanol–water partition coefficient (Wildman–Crippen LogP) is 1.76. The Kier molecular flexibility index (Phi) is 4.37. The minimum absolute atomic E-state index is 0.415. The van der Waals surface area contributed by atoms with Gasteiger partial charge in [0.25, 0.3) is 0 Å². The molecule has 3 heterocycles. The van der Waals surface area contributed by atoms with Crippen LogP contribution in [0.5, 0.6) is 0 Å². The van der Waals surface area contributed by atoms with Crippen LogP contribution < -0.4 is 5.32 Å². The topological polar surface area (TPSA) is 80.8 Å². The van der Waals surface area contributed by atoms with Gasteiger partial charge in [-0.1, -0.05) is 24.5 Å². The molecule has 0 spiro atoms. The first-order valence-corrected chi connectivity index (χ1v) is 9.10. The molecule has 0 bridgehead atoms. The Labute approximate surface area is 142 Å². The van der Waals surface area contributed by atoms with Crippen molar-refractivity contribution in [3.8, 4) is 11.5 Å². The number of nitrogens with one attached hydrogen (secondary N) is 1. The quantitative estimate of drug-likeness (QED) is 0.893. The standard InChI is InChI=1S/C17H26N6O/c24-17(6-2-1-3-7-17)13-22-11-10-19-16(22)15-12-23(21-20-15)14-4-8-18-9-5-14/h10-12,14,18,24H,1-9,13H2. The Morgan fingerprint density at radius 1 is 1.21 bits per heavy atom. The molecule has 2 aromatic heterocycles. The van der Waals surface area contributed by atoms with Gasteiger partial charge in [0, 0.05) is 12.4 Å². The van der Waals surface area contributed by atoms with Crippen molar-refractivity contribution >= 4 is 0 Å². The number of hydrogen-bond acceptors (Lipinski definition) is 5. The minimum atomic E-state index is -0.612. The second-order valence-corrected chi connectivity index (χ2v) is 7.23. The van der Waals surface area contributed by atoms with E-state index in [9.17, 15) is 5.11 Å². The van der Waals surface area contributed by atoms with Gasteiger partial charge >= 0.3 is 0 Å². The fourth-order valence-electron chi connectivity index (χ4n) is 3.98. The Hall–Kier alpha value is -1.73. The van der Waals surface area contributed by atoms with Crippen molar-refractivity contribution in [2.24, 2.45) is 0 Å². The fourth-order valence-corrected chi connectivity index (χ4v) is 3.98. The third-order valence-corrected chi connectivity index (χ3v) is 5.39. The highest BCUT2D eigenvalue weighted by Crippen LogP contribution is 2.31. The Bertz CT molecular complexity index is 666. The first-order chi connectivity index (χ1) is 11.7. The lowest BCUT2D eigenvalue weighted by molar-refractivity contribution is -0.0111. The summed E-state index contributed by atoms with van der Waals surface area (Å²) in [4.78, 5) is 4.47. The normalized spacial score (nSPS) is 21.9. The zero-order chi connectivity index (χ0) is 16.4. The van der Waals surface area contributed by atoms with Gasteiger partial charge in [-0.3, -0.25) is 0 Å². The second-order valence-electron chi connectivity index (χ2n) is 7.23. The summed E-state index contributed by atoms with van der Waals surface area (Å²) in [6, 6.07) is 0.415. The number of imidazole rings is 1. The number of aromatic nitrogens is 5. The molecule has 0 unspecified atom stereocenters. The summed E-state index contributed by atoms with van der Waals surface area (Å²) < 4.78 is 4.01. The molecular formula is C17H26N6O. The third-order valence-electron chi connectivity index (χ3n) is 5.39. The van der Waals surface area contributed by atoms with E-state index in [0.29, 0.717) is 12.6 Å². The number of hydrogen-bond donors (Lipinski definition) is 2. The van der Waals surface area contributed by atoms with Crippen molar-refractivity contribution in [2.45, 2.75) is 63.1 Å². The van der Waals surface area contributed by atoms with E-state index in [0.717, 1.165) is 63.1 Å². The van der Waals surface area contributed by atoms with Crippen molar-refractivity contribution in [3.63, 3.8) is 0 Å². The summed E-state index contributed by atoms with van der Waals surface area (Å²) in [5, 5.41) is 22.9. The molecule has 130 valence electrons. The molecule has 1 aliphatic heterocycles. The zero-order valence-corrected chi connectivity index (χ0v) is 14.1. The molecule has 0 amide bonds. The number of rotatable bonds is 4. The number of aliphatic hydroxyl groups is 1. The van der Waals surface area contributed by atoms with Crippen LogP contribution in [0.3, 0.4) is 0 Å². The molecule has 4 rings (SSSR count). The van der Waals surface area contributed by atoms with Crippen LogP contribution in [0.4, 0.5) is 0 Å². The van der Waals surface area contributed by atoms with E-state index in [1.54, 1.807) is 6.20 Å². The molecule has 0 aromatic carbocycles. The van der Waals surface area contributed by atoms with Crippen LogP contribution in [0.2, 0.25) is 0 Å². The van der Waals surface area contributed by atoms with Gasteiger partial charge in [0.15, 0.2) is 5.82 Å². The first-order valence-electron chi connectivity index (χ1n) is 9.10. The van der Waals surface area contributed by atoms with E-state index in [1.165, 1.54) is 6.42 Å². The van der Waals surface area contributed by atoms with Crippen LogP contribution in [0.15, 0.2) is 18.6 Å². The van der Waals surface area contributed by atoms with E-state index < -0.39 is 5.60 Å². The lowest BCUT2D eigenvalue weighted by atomic mass is 9.85.